The lowest BCUT2D eigenvalue weighted by atomic mass is 10.0. The summed E-state index contributed by atoms with van der Waals surface area (Å²) in [5, 5.41) is 11.5. The van der Waals surface area contributed by atoms with Gasteiger partial charge in [-0.05, 0) is 67.4 Å². The highest BCUT2D eigenvalue weighted by molar-refractivity contribution is 5.95. The van der Waals surface area contributed by atoms with Crippen LogP contribution >= 0.6 is 0 Å². The number of likely N-dealkylation sites (tertiary alicyclic amines) is 1. The second-order valence-electron chi connectivity index (χ2n) is 8.22. The molecule has 0 radical (unpaired) electrons. The van der Waals surface area contributed by atoms with Crippen molar-refractivity contribution in [2.24, 2.45) is 0 Å². The highest BCUT2D eigenvalue weighted by Crippen LogP contribution is 2.30. The molecular formula is C26H24F2N4. The molecule has 1 aliphatic rings. The molecule has 5 rings (SSSR count). The van der Waals surface area contributed by atoms with E-state index in [1.165, 1.54) is 37.6 Å². The molecule has 3 aromatic carbocycles. The summed E-state index contributed by atoms with van der Waals surface area (Å²) in [6.07, 6.45) is 2.56. The average Bonchev–Trinajstić information content (AvgIpc) is 3.46. The van der Waals surface area contributed by atoms with E-state index in [1.54, 1.807) is 18.2 Å². The second kappa shape index (κ2) is 8.55. The molecule has 0 aliphatic carbocycles. The summed E-state index contributed by atoms with van der Waals surface area (Å²) >= 11 is 0. The number of aromatic amines is 1. The minimum Gasteiger partial charge on any atom is -0.354 e. The van der Waals surface area contributed by atoms with Gasteiger partial charge in [0.05, 0.1) is 11.2 Å². The summed E-state index contributed by atoms with van der Waals surface area (Å²) in [4.78, 5) is 2.47. The maximum Gasteiger partial charge on any atom is 0.166 e. The molecule has 2 N–H and O–H groups in total. The molecule has 6 heteroatoms. The molecule has 0 saturated carbocycles. The molecule has 32 heavy (non-hydrogen) atoms. The van der Waals surface area contributed by atoms with Gasteiger partial charge in [0, 0.05) is 23.2 Å². The Labute approximate surface area is 185 Å². The normalized spacial score (nSPS) is 14.2. The number of benzene rings is 3. The zero-order valence-electron chi connectivity index (χ0n) is 17.7. The van der Waals surface area contributed by atoms with Crippen molar-refractivity contribution in [1.82, 2.24) is 15.1 Å². The number of hydrogen-bond donors (Lipinski definition) is 2. The summed E-state index contributed by atoms with van der Waals surface area (Å²) in [6.45, 7) is 7.47. The molecule has 0 spiro atoms. The lowest BCUT2D eigenvalue weighted by Gasteiger charge is -2.15. The number of nitrogens with one attached hydrogen (secondary N) is 2. The summed E-state index contributed by atoms with van der Waals surface area (Å²) in [7, 11) is 0. The number of anilines is 1. The number of hydrogen-bond acceptors (Lipinski definition) is 3. The van der Waals surface area contributed by atoms with Gasteiger partial charge in [-0.15, -0.1) is 0 Å². The maximum absolute atomic E-state index is 14.3. The number of rotatable bonds is 6. The third kappa shape index (κ3) is 4.01. The van der Waals surface area contributed by atoms with Gasteiger partial charge in [0.25, 0.3) is 0 Å². The number of nitrogens with zero attached hydrogens (tertiary/aromatic N) is 2. The van der Waals surface area contributed by atoms with Gasteiger partial charge in [0.15, 0.2) is 11.6 Å². The monoisotopic (exact) mass is 430 g/mol. The third-order valence-corrected chi connectivity index (χ3v) is 5.97. The van der Waals surface area contributed by atoms with Crippen molar-refractivity contribution in [2.45, 2.75) is 19.4 Å². The van der Waals surface area contributed by atoms with E-state index in [4.69, 9.17) is 0 Å². The average molecular weight is 431 g/mol. The Bertz CT molecular complexity index is 1270. The topological polar surface area (TPSA) is 44.0 Å². The second-order valence-corrected chi connectivity index (χ2v) is 8.22. The lowest BCUT2D eigenvalue weighted by molar-refractivity contribution is 0.331. The van der Waals surface area contributed by atoms with E-state index >= 15 is 0 Å². The first-order valence-electron chi connectivity index (χ1n) is 10.8. The fraction of sp³-hybridized carbons (Fsp3) is 0.192. The lowest BCUT2D eigenvalue weighted by Crippen LogP contribution is -2.18. The first-order valence-corrected chi connectivity index (χ1v) is 10.8. The van der Waals surface area contributed by atoms with E-state index in [1.807, 2.05) is 18.2 Å². The Morgan fingerprint density at radius 3 is 2.59 bits per heavy atom. The maximum atomic E-state index is 14.3. The number of H-pyrrole nitrogens is 1. The molecule has 0 bridgehead atoms. The van der Waals surface area contributed by atoms with Crippen molar-refractivity contribution in [3.05, 3.63) is 90.1 Å². The largest absolute Gasteiger partial charge is 0.354 e. The van der Waals surface area contributed by atoms with Gasteiger partial charge in [-0.25, -0.2) is 8.78 Å². The van der Waals surface area contributed by atoms with Crippen LogP contribution in [0.4, 0.5) is 14.5 Å². The van der Waals surface area contributed by atoms with Crippen molar-refractivity contribution in [1.29, 1.82) is 0 Å². The zero-order valence-corrected chi connectivity index (χ0v) is 17.7. The number of halogens is 2. The van der Waals surface area contributed by atoms with Crippen LogP contribution in [-0.2, 0) is 6.54 Å². The van der Waals surface area contributed by atoms with Crippen molar-refractivity contribution < 1.29 is 8.78 Å². The quantitative estimate of drug-likeness (QED) is 0.384. The summed E-state index contributed by atoms with van der Waals surface area (Å²) in [6, 6.07) is 17.9. The molecule has 4 nitrogen and oxygen atoms in total. The molecule has 1 saturated heterocycles. The number of aromatic nitrogens is 2. The molecule has 2 heterocycles. The van der Waals surface area contributed by atoms with E-state index in [9.17, 15) is 8.78 Å². The van der Waals surface area contributed by atoms with E-state index < -0.39 is 11.6 Å². The van der Waals surface area contributed by atoms with E-state index in [2.05, 4.69) is 39.1 Å². The van der Waals surface area contributed by atoms with Crippen LogP contribution in [0.15, 0.2) is 67.2 Å². The minimum absolute atomic E-state index is 0.214. The fourth-order valence-corrected chi connectivity index (χ4v) is 4.26. The highest BCUT2D eigenvalue weighted by Gasteiger charge is 2.15. The van der Waals surface area contributed by atoms with E-state index in [0.29, 0.717) is 17.0 Å². The van der Waals surface area contributed by atoms with Gasteiger partial charge in [0.1, 0.15) is 5.69 Å². The Morgan fingerprint density at radius 2 is 1.81 bits per heavy atom. The zero-order chi connectivity index (χ0) is 22.1. The van der Waals surface area contributed by atoms with Gasteiger partial charge >= 0.3 is 0 Å². The van der Waals surface area contributed by atoms with Gasteiger partial charge in [-0.3, -0.25) is 10.00 Å². The molecule has 0 unspecified atom stereocenters. The molecule has 0 amide bonds. The molecule has 162 valence electrons. The van der Waals surface area contributed by atoms with Crippen LogP contribution in [0.2, 0.25) is 0 Å². The highest BCUT2D eigenvalue weighted by atomic mass is 19.2. The van der Waals surface area contributed by atoms with Crippen LogP contribution in [0.5, 0.6) is 0 Å². The van der Waals surface area contributed by atoms with Gasteiger partial charge in [-0.2, -0.15) is 5.10 Å². The predicted molar refractivity (Wildman–Crippen MR) is 125 cm³/mol. The molecule has 1 fully saturated rings. The predicted octanol–water partition coefficient (Wildman–Crippen LogP) is 6.19. The van der Waals surface area contributed by atoms with Crippen LogP contribution in [0.25, 0.3) is 27.7 Å². The first kappa shape index (κ1) is 20.4. The van der Waals surface area contributed by atoms with Crippen LogP contribution in [0.1, 0.15) is 24.1 Å². The summed E-state index contributed by atoms with van der Waals surface area (Å²) in [5.41, 5.74) is 5.06. The van der Waals surface area contributed by atoms with Crippen LogP contribution in [-0.4, -0.2) is 28.2 Å². The van der Waals surface area contributed by atoms with E-state index in [0.717, 1.165) is 29.2 Å². The van der Waals surface area contributed by atoms with Gasteiger partial charge < -0.3 is 5.32 Å². The standard InChI is InChI=1S/C26H24F2N4/c1-17(29-20-10-7-18(8-11-20)16-32-13-2-3-14-32)26-22-15-19(9-12-24(22)30-31-26)21-5-4-6-23(27)25(21)28/h4-12,15,29H,1-3,13-14,16H2,(H,30,31). The molecule has 1 aromatic heterocycles. The molecule has 0 atom stereocenters. The smallest absolute Gasteiger partial charge is 0.166 e. The fourth-order valence-electron chi connectivity index (χ4n) is 4.26. The van der Waals surface area contributed by atoms with Crippen molar-refractivity contribution >= 4 is 22.3 Å². The van der Waals surface area contributed by atoms with Crippen LogP contribution in [0.3, 0.4) is 0 Å². The van der Waals surface area contributed by atoms with Gasteiger partial charge in [0.2, 0.25) is 0 Å². The Balaban J connectivity index is 1.37. The molecular weight excluding hydrogens is 406 g/mol. The minimum atomic E-state index is -0.866. The Hall–Kier alpha value is -3.51. The third-order valence-electron chi connectivity index (χ3n) is 5.97. The summed E-state index contributed by atoms with van der Waals surface area (Å²) in [5.74, 6) is -1.72. The van der Waals surface area contributed by atoms with Crippen LogP contribution < -0.4 is 5.32 Å². The Kier molecular flexibility index (Phi) is 5.45. The van der Waals surface area contributed by atoms with Crippen LogP contribution in [0, 0.1) is 11.6 Å². The van der Waals surface area contributed by atoms with Gasteiger partial charge in [-0.1, -0.05) is 36.9 Å². The SMILES string of the molecule is C=C(Nc1ccc(CN2CCCC2)cc1)c1n[nH]c2ccc(-c3cccc(F)c3F)cc12. The van der Waals surface area contributed by atoms with E-state index in [-0.39, 0.29) is 5.56 Å². The van der Waals surface area contributed by atoms with Crippen molar-refractivity contribution in [3.63, 3.8) is 0 Å². The molecule has 4 aromatic rings. The van der Waals surface area contributed by atoms with Crippen molar-refractivity contribution in [3.8, 4) is 11.1 Å². The first-order chi connectivity index (χ1) is 15.6. The summed E-state index contributed by atoms with van der Waals surface area (Å²) < 4.78 is 28.0. The number of fused-ring (bicyclic) bond motifs is 1. The Morgan fingerprint density at radius 1 is 1.03 bits per heavy atom. The van der Waals surface area contributed by atoms with Crippen molar-refractivity contribution in [2.75, 3.05) is 18.4 Å². The molecule has 1 aliphatic heterocycles.